The lowest BCUT2D eigenvalue weighted by atomic mass is 9.96. The molecule has 0 bridgehead atoms. The van der Waals surface area contributed by atoms with Gasteiger partial charge in [-0.15, -0.1) is 0 Å². The van der Waals surface area contributed by atoms with Crippen molar-refractivity contribution in [3.8, 4) is 17.0 Å². The van der Waals surface area contributed by atoms with Crippen molar-refractivity contribution in [2.24, 2.45) is 0 Å². The van der Waals surface area contributed by atoms with Crippen molar-refractivity contribution in [1.82, 2.24) is 10.3 Å². The lowest BCUT2D eigenvalue weighted by Gasteiger charge is -2.18. The summed E-state index contributed by atoms with van der Waals surface area (Å²) in [4.78, 5) is 4.10. The highest BCUT2D eigenvalue weighted by atomic mass is 19.1. The Bertz CT molecular complexity index is 601. The number of ether oxygens (including phenoxy) is 1. The van der Waals surface area contributed by atoms with Crippen LogP contribution in [0.3, 0.4) is 0 Å². The first-order valence-corrected chi connectivity index (χ1v) is 7.19. The van der Waals surface area contributed by atoms with E-state index in [9.17, 15) is 4.39 Å². The predicted octanol–water partition coefficient (Wildman–Crippen LogP) is 3.96. The molecule has 1 atom stereocenters. The molecule has 1 N–H and O–H groups in total. The highest BCUT2D eigenvalue weighted by Crippen LogP contribution is 2.30. The molecule has 1 aromatic carbocycles. The topological polar surface area (TPSA) is 34.2 Å². The molecule has 1 unspecified atom stereocenters. The average Bonchev–Trinajstić information content (AvgIpc) is 2.52. The van der Waals surface area contributed by atoms with Crippen LogP contribution in [0.2, 0.25) is 0 Å². The number of hydrogen-bond donors (Lipinski definition) is 1. The lowest BCUT2D eigenvalue weighted by Crippen LogP contribution is -2.20. The molecule has 0 saturated heterocycles. The minimum atomic E-state index is -0.243. The largest absolute Gasteiger partial charge is 0.481 e. The second-order valence-electron chi connectivity index (χ2n) is 4.99. The quantitative estimate of drug-likeness (QED) is 0.873. The van der Waals surface area contributed by atoms with Crippen molar-refractivity contribution in [2.75, 3.05) is 13.7 Å². The van der Waals surface area contributed by atoms with Crippen molar-refractivity contribution < 1.29 is 9.13 Å². The van der Waals surface area contributed by atoms with Gasteiger partial charge in [-0.1, -0.05) is 13.0 Å². The second kappa shape index (κ2) is 7.18. The Balaban J connectivity index is 2.43. The van der Waals surface area contributed by atoms with Gasteiger partial charge in [0.1, 0.15) is 5.82 Å². The zero-order valence-electron chi connectivity index (χ0n) is 12.7. The van der Waals surface area contributed by atoms with E-state index in [4.69, 9.17) is 4.74 Å². The summed E-state index contributed by atoms with van der Waals surface area (Å²) in [5.41, 5.74) is 2.84. The van der Waals surface area contributed by atoms with Gasteiger partial charge in [-0.2, -0.15) is 0 Å². The summed E-state index contributed by atoms with van der Waals surface area (Å²) < 4.78 is 18.8. The van der Waals surface area contributed by atoms with Crippen LogP contribution in [0.15, 0.2) is 36.5 Å². The lowest BCUT2D eigenvalue weighted by molar-refractivity contribution is 0.398. The zero-order chi connectivity index (χ0) is 15.2. The molecule has 0 saturated carbocycles. The molecule has 21 heavy (non-hydrogen) atoms. The molecule has 0 fully saturated rings. The summed E-state index contributed by atoms with van der Waals surface area (Å²) in [5.74, 6) is 0.282. The van der Waals surface area contributed by atoms with Crippen LogP contribution in [0.4, 0.5) is 4.39 Å². The van der Waals surface area contributed by atoms with Gasteiger partial charge in [-0.25, -0.2) is 9.37 Å². The Morgan fingerprint density at radius 2 is 2.10 bits per heavy atom. The normalized spacial score (nSPS) is 12.2. The molecule has 112 valence electrons. The van der Waals surface area contributed by atoms with Crippen LogP contribution in [-0.2, 0) is 0 Å². The summed E-state index contributed by atoms with van der Waals surface area (Å²) in [5, 5.41) is 3.44. The number of nitrogens with zero attached hydrogens (tertiary/aromatic N) is 1. The van der Waals surface area contributed by atoms with Crippen LogP contribution in [0, 0.1) is 5.82 Å². The minimum absolute atomic E-state index is 0.153. The van der Waals surface area contributed by atoms with E-state index in [0.29, 0.717) is 5.88 Å². The molecule has 1 heterocycles. The Morgan fingerprint density at radius 1 is 1.29 bits per heavy atom. The van der Waals surface area contributed by atoms with Gasteiger partial charge in [0.15, 0.2) is 0 Å². The molecule has 0 aliphatic carbocycles. The molecule has 4 heteroatoms. The van der Waals surface area contributed by atoms with E-state index in [1.165, 1.54) is 6.07 Å². The standard InChI is InChI=1S/C17H21FN2O/c1-4-8-19-12(2)15-6-5-14(18)11-16(15)13-7-9-20-17(10-13)21-3/h5-7,9-12,19H,4,8H2,1-3H3. The number of hydrogen-bond acceptors (Lipinski definition) is 3. The third-order valence-corrected chi connectivity index (χ3v) is 3.44. The van der Waals surface area contributed by atoms with E-state index in [1.54, 1.807) is 19.4 Å². The summed E-state index contributed by atoms with van der Waals surface area (Å²) in [6, 6.07) is 8.75. The number of rotatable bonds is 6. The van der Waals surface area contributed by atoms with Gasteiger partial charge in [0, 0.05) is 18.3 Å². The van der Waals surface area contributed by atoms with Crippen molar-refractivity contribution in [1.29, 1.82) is 0 Å². The minimum Gasteiger partial charge on any atom is -0.481 e. The van der Waals surface area contributed by atoms with E-state index in [0.717, 1.165) is 29.7 Å². The third-order valence-electron chi connectivity index (χ3n) is 3.44. The molecule has 0 aliphatic heterocycles. The zero-order valence-corrected chi connectivity index (χ0v) is 12.7. The van der Waals surface area contributed by atoms with E-state index < -0.39 is 0 Å². The Hall–Kier alpha value is -1.94. The maximum atomic E-state index is 13.7. The average molecular weight is 288 g/mol. The van der Waals surface area contributed by atoms with Crippen LogP contribution < -0.4 is 10.1 Å². The number of methoxy groups -OCH3 is 1. The van der Waals surface area contributed by atoms with Crippen LogP contribution >= 0.6 is 0 Å². The van der Waals surface area contributed by atoms with Crippen molar-refractivity contribution >= 4 is 0 Å². The summed E-state index contributed by atoms with van der Waals surface area (Å²) in [6.07, 6.45) is 2.73. The molecule has 3 nitrogen and oxygen atoms in total. The number of aromatic nitrogens is 1. The molecule has 1 aromatic heterocycles. The Kier molecular flexibility index (Phi) is 5.28. The molecule has 2 aromatic rings. The molecule has 0 spiro atoms. The van der Waals surface area contributed by atoms with Gasteiger partial charge in [-0.05, 0) is 54.8 Å². The van der Waals surface area contributed by atoms with Gasteiger partial charge in [0.2, 0.25) is 5.88 Å². The van der Waals surface area contributed by atoms with E-state index in [1.807, 2.05) is 18.2 Å². The van der Waals surface area contributed by atoms with E-state index in [-0.39, 0.29) is 11.9 Å². The van der Waals surface area contributed by atoms with Crippen molar-refractivity contribution in [3.63, 3.8) is 0 Å². The van der Waals surface area contributed by atoms with E-state index >= 15 is 0 Å². The first-order valence-electron chi connectivity index (χ1n) is 7.19. The van der Waals surface area contributed by atoms with Crippen LogP contribution in [0.25, 0.3) is 11.1 Å². The molecular formula is C17H21FN2O. The van der Waals surface area contributed by atoms with Crippen molar-refractivity contribution in [2.45, 2.75) is 26.3 Å². The SMILES string of the molecule is CCCNC(C)c1ccc(F)cc1-c1ccnc(OC)c1. The fourth-order valence-electron chi connectivity index (χ4n) is 2.32. The van der Waals surface area contributed by atoms with Crippen LogP contribution in [0.1, 0.15) is 31.9 Å². The fourth-order valence-corrected chi connectivity index (χ4v) is 2.32. The number of pyridine rings is 1. The van der Waals surface area contributed by atoms with Gasteiger partial charge >= 0.3 is 0 Å². The maximum absolute atomic E-state index is 13.7. The van der Waals surface area contributed by atoms with Crippen LogP contribution in [-0.4, -0.2) is 18.6 Å². The second-order valence-corrected chi connectivity index (χ2v) is 4.99. The first kappa shape index (κ1) is 15.4. The van der Waals surface area contributed by atoms with Crippen LogP contribution in [0.5, 0.6) is 5.88 Å². The number of nitrogens with one attached hydrogen (secondary N) is 1. The smallest absolute Gasteiger partial charge is 0.213 e. The highest BCUT2D eigenvalue weighted by Gasteiger charge is 2.13. The Labute approximate surface area is 125 Å². The molecule has 0 amide bonds. The fraction of sp³-hybridized carbons (Fsp3) is 0.353. The molecular weight excluding hydrogens is 267 g/mol. The van der Waals surface area contributed by atoms with Crippen molar-refractivity contribution in [3.05, 3.63) is 47.9 Å². The molecule has 0 aliphatic rings. The summed E-state index contributed by atoms with van der Waals surface area (Å²) in [6.45, 7) is 5.14. The summed E-state index contributed by atoms with van der Waals surface area (Å²) >= 11 is 0. The predicted molar refractivity (Wildman–Crippen MR) is 82.9 cm³/mol. The van der Waals surface area contributed by atoms with E-state index in [2.05, 4.69) is 24.1 Å². The van der Waals surface area contributed by atoms with Gasteiger partial charge in [-0.3, -0.25) is 0 Å². The third kappa shape index (κ3) is 3.79. The molecule has 0 radical (unpaired) electrons. The first-order chi connectivity index (χ1) is 10.2. The van der Waals surface area contributed by atoms with Gasteiger partial charge in [0.25, 0.3) is 0 Å². The number of halogens is 1. The maximum Gasteiger partial charge on any atom is 0.213 e. The molecule has 2 rings (SSSR count). The van der Waals surface area contributed by atoms with Gasteiger partial charge < -0.3 is 10.1 Å². The highest BCUT2D eigenvalue weighted by molar-refractivity contribution is 5.68. The van der Waals surface area contributed by atoms with Gasteiger partial charge in [0.05, 0.1) is 7.11 Å². The Morgan fingerprint density at radius 3 is 2.81 bits per heavy atom. The summed E-state index contributed by atoms with van der Waals surface area (Å²) in [7, 11) is 1.57. The monoisotopic (exact) mass is 288 g/mol. The number of benzene rings is 1.